The molecule has 0 aliphatic rings. The zero-order valence-electron chi connectivity index (χ0n) is 17.8. The first-order chi connectivity index (χ1) is 13.0. The fraction of sp³-hybridized carbons (Fsp3) is 0.591. The van der Waals surface area contributed by atoms with Gasteiger partial charge in [-0.3, -0.25) is 9.59 Å². The summed E-state index contributed by atoms with van der Waals surface area (Å²) in [4.78, 5) is 37.3. The molecule has 1 amide bonds. The van der Waals surface area contributed by atoms with E-state index in [9.17, 15) is 14.4 Å². The van der Waals surface area contributed by atoms with E-state index in [-0.39, 0.29) is 18.1 Å². The molecule has 0 aliphatic heterocycles. The Morgan fingerprint density at radius 3 is 2.18 bits per heavy atom. The smallest absolute Gasteiger partial charge is 0.408 e. The van der Waals surface area contributed by atoms with Crippen molar-refractivity contribution in [3.05, 3.63) is 35.9 Å². The lowest BCUT2D eigenvalue weighted by molar-refractivity contribution is -0.147. The molecule has 1 aromatic carbocycles. The van der Waals surface area contributed by atoms with Crippen LogP contribution in [0.3, 0.4) is 0 Å². The van der Waals surface area contributed by atoms with Gasteiger partial charge in [-0.05, 0) is 45.1 Å². The Labute approximate surface area is 168 Å². The van der Waals surface area contributed by atoms with Gasteiger partial charge in [-0.2, -0.15) is 0 Å². The number of carbonyl (C=O) groups is 3. The maximum atomic E-state index is 12.9. The summed E-state index contributed by atoms with van der Waals surface area (Å²) < 4.78 is 10.2. The van der Waals surface area contributed by atoms with E-state index in [0.29, 0.717) is 12.8 Å². The van der Waals surface area contributed by atoms with Gasteiger partial charge in [-0.25, -0.2) is 4.79 Å². The molecule has 156 valence electrons. The maximum absolute atomic E-state index is 12.9. The average Bonchev–Trinajstić information content (AvgIpc) is 2.58. The Morgan fingerprint density at radius 1 is 1.07 bits per heavy atom. The van der Waals surface area contributed by atoms with Crippen molar-refractivity contribution in [2.45, 2.75) is 65.5 Å². The van der Waals surface area contributed by atoms with Crippen LogP contribution in [0.15, 0.2) is 30.3 Å². The number of Topliss-reactive ketones (excluding diaryl/α,β-unsaturated/α-hetero) is 1. The zero-order chi connectivity index (χ0) is 21.3. The van der Waals surface area contributed by atoms with Gasteiger partial charge in [0.1, 0.15) is 5.60 Å². The number of rotatable bonds is 9. The van der Waals surface area contributed by atoms with Crippen LogP contribution in [-0.2, 0) is 25.5 Å². The van der Waals surface area contributed by atoms with E-state index in [1.54, 1.807) is 20.8 Å². The van der Waals surface area contributed by atoms with Crippen LogP contribution in [0.1, 0.15) is 53.0 Å². The minimum atomic E-state index is -0.710. The number of methoxy groups -OCH3 is 1. The standard InChI is InChI=1S/C22H33NO5/c1-15(2)12-18(23-21(26)28-22(3,4)5)19(24)14-17(20(25)27-6)13-16-10-8-7-9-11-16/h7-11,15,17-18H,12-14H2,1-6H3,(H,23,26)/t17-,18+/m1/s1. The molecule has 0 radical (unpaired) electrons. The van der Waals surface area contributed by atoms with Crippen LogP contribution in [0, 0.1) is 11.8 Å². The Hall–Kier alpha value is -2.37. The highest BCUT2D eigenvalue weighted by Gasteiger charge is 2.30. The number of esters is 1. The highest BCUT2D eigenvalue weighted by molar-refractivity contribution is 5.90. The van der Waals surface area contributed by atoms with Crippen molar-refractivity contribution in [2.24, 2.45) is 11.8 Å². The molecule has 1 N–H and O–H groups in total. The summed E-state index contributed by atoms with van der Waals surface area (Å²) in [6, 6.07) is 8.77. The topological polar surface area (TPSA) is 81.7 Å². The normalized spacial score (nSPS) is 13.5. The van der Waals surface area contributed by atoms with Gasteiger partial charge in [-0.1, -0.05) is 44.2 Å². The highest BCUT2D eigenvalue weighted by Crippen LogP contribution is 2.18. The number of carbonyl (C=O) groups excluding carboxylic acids is 3. The lowest BCUT2D eigenvalue weighted by atomic mass is 9.90. The molecule has 0 spiro atoms. The Balaban J connectivity index is 2.88. The number of ether oxygens (including phenoxy) is 2. The molecule has 0 heterocycles. The third-order valence-corrected chi connectivity index (χ3v) is 4.09. The summed E-state index contributed by atoms with van der Waals surface area (Å²) in [7, 11) is 1.31. The van der Waals surface area contributed by atoms with Gasteiger partial charge >= 0.3 is 12.1 Å². The van der Waals surface area contributed by atoms with E-state index in [0.717, 1.165) is 5.56 Å². The van der Waals surface area contributed by atoms with E-state index >= 15 is 0 Å². The summed E-state index contributed by atoms with van der Waals surface area (Å²) in [5.74, 6) is -1.05. The van der Waals surface area contributed by atoms with Crippen LogP contribution in [0.2, 0.25) is 0 Å². The molecule has 0 fully saturated rings. The van der Waals surface area contributed by atoms with E-state index in [1.807, 2.05) is 44.2 Å². The van der Waals surface area contributed by atoms with Crippen molar-refractivity contribution >= 4 is 17.8 Å². The van der Waals surface area contributed by atoms with Gasteiger partial charge in [0.15, 0.2) is 5.78 Å². The number of hydrogen-bond acceptors (Lipinski definition) is 5. The number of ketones is 1. The molecule has 0 aliphatic carbocycles. The molecule has 6 heteroatoms. The summed E-state index contributed by atoms with van der Waals surface area (Å²) in [6.07, 6.45) is 0.232. The fourth-order valence-corrected chi connectivity index (χ4v) is 2.88. The first kappa shape index (κ1) is 23.7. The van der Waals surface area contributed by atoms with Crippen LogP contribution in [0.4, 0.5) is 4.79 Å². The molecule has 6 nitrogen and oxygen atoms in total. The molecule has 0 aromatic heterocycles. The first-order valence-corrected chi connectivity index (χ1v) is 9.65. The molecular weight excluding hydrogens is 358 g/mol. The van der Waals surface area contributed by atoms with Crippen molar-refractivity contribution in [1.29, 1.82) is 0 Å². The number of nitrogens with one attached hydrogen (secondary N) is 1. The van der Waals surface area contributed by atoms with Gasteiger partial charge in [-0.15, -0.1) is 0 Å². The molecule has 1 aromatic rings. The van der Waals surface area contributed by atoms with Crippen molar-refractivity contribution < 1.29 is 23.9 Å². The summed E-state index contributed by atoms with van der Waals surface area (Å²) >= 11 is 0. The maximum Gasteiger partial charge on any atom is 0.408 e. The van der Waals surface area contributed by atoms with Gasteiger partial charge < -0.3 is 14.8 Å². The Bertz CT molecular complexity index is 649. The SMILES string of the molecule is COC(=O)[C@@H](CC(=O)[C@H](CC(C)C)NC(=O)OC(C)(C)C)Cc1ccccc1. The molecule has 0 saturated heterocycles. The third-order valence-electron chi connectivity index (χ3n) is 4.09. The summed E-state index contributed by atoms with van der Waals surface area (Å²) in [5, 5.41) is 2.67. The number of amides is 1. The molecule has 0 unspecified atom stereocenters. The predicted molar refractivity (Wildman–Crippen MR) is 108 cm³/mol. The van der Waals surface area contributed by atoms with Crippen LogP contribution < -0.4 is 5.32 Å². The number of hydrogen-bond donors (Lipinski definition) is 1. The largest absolute Gasteiger partial charge is 0.469 e. The molecule has 2 atom stereocenters. The van der Waals surface area contributed by atoms with Gasteiger partial charge in [0.25, 0.3) is 0 Å². The lowest BCUT2D eigenvalue weighted by Gasteiger charge is -2.25. The van der Waals surface area contributed by atoms with Gasteiger partial charge in [0, 0.05) is 6.42 Å². The fourth-order valence-electron chi connectivity index (χ4n) is 2.88. The zero-order valence-corrected chi connectivity index (χ0v) is 17.8. The number of alkyl carbamates (subject to hydrolysis) is 1. The molecule has 0 saturated carbocycles. The Morgan fingerprint density at radius 2 is 1.68 bits per heavy atom. The van der Waals surface area contributed by atoms with Gasteiger partial charge in [0.05, 0.1) is 19.1 Å². The first-order valence-electron chi connectivity index (χ1n) is 9.65. The average molecular weight is 392 g/mol. The lowest BCUT2D eigenvalue weighted by Crippen LogP contribution is -2.45. The summed E-state index contributed by atoms with van der Waals surface area (Å²) in [5.41, 5.74) is 0.295. The molecule has 28 heavy (non-hydrogen) atoms. The molecule has 0 bridgehead atoms. The predicted octanol–water partition coefficient (Wildman–Crippen LogP) is 3.92. The molecular formula is C22H33NO5. The van der Waals surface area contributed by atoms with Gasteiger partial charge in [0.2, 0.25) is 0 Å². The monoisotopic (exact) mass is 391 g/mol. The minimum Gasteiger partial charge on any atom is -0.469 e. The van der Waals surface area contributed by atoms with Crippen molar-refractivity contribution in [3.8, 4) is 0 Å². The second kappa shape index (κ2) is 10.8. The van der Waals surface area contributed by atoms with E-state index in [1.165, 1.54) is 7.11 Å². The Kier molecular flexibility index (Phi) is 9.16. The molecule has 1 rings (SSSR count). The van der Waals surface area contributed by atoms with Crippen LogP contribution >= 0.6 is 0 Å². The summed E-state index contributed by atoms with van der Waals surface area (Å²) in [6.45, 7) is 9.23. The number of benzene rings is 1. The van der Waals surface area contributed by atoms with E-state index in [4.69, 9.17) is 9.47 Å². The second-order valence-electron chi connectivity index (χ2n) is 8.41. The van der Waals surface area contributed by atoms with Crippen molar-refractivity contribution in [2.75, 3.05) is 7.11 Å². The highest BCUT2D eigenvalue weighted by atomic mass is 16.6. The van der Waals surface area contributed by atoms with Crippen molar-refractivity contribution in [3.63, 3.8) is 0 Å². The third kappa shape index (κ3) is 9.02. The van der Waals surface area contributed by atoms with E-state index < -0.39 is 29.6 Å². The van der Waals surface area contributed by atoms with Crippen LogP contribution in [0.25, 0.3) is 0 Å². The van der Waals surface area contributed by atoms with E-state index in [2.05, 4.69) is 5.32 Å². The van der Waals surface area contributed by atoms with Crippen LogP contribution in [-0.4, -0.2) is 36.6 Å². The minimum absolute atomic E-state index is 0.00521. The quantitative estimate of drug-likeness (QED) is 0.645. The van der Waals surface area contributed by atoms with Crippen molar-refractivity contribution in [1.82, 2.24) is 5.32 Å². The second-order valence-corrected chi connectivity index (χ2v) is 8.41. The van der Waals surface area contributed by atoms with Crippen LogP contribution in [0.5, 0.6) is 0 Å².